The van der Waals surface area contributed by atoms with Crippen LogP contribution in [0, 0.1) is 6.92 Å². The van der Waals surface area contributed by atoms with E-state index in [1.807, 2.05) is 19.1 Å². The molecule has 0 saturated carbocycles. The quantitative estimate of drug-likeness (QED) is 0.568. The van der Waals surface area contributed by atoms with E-state index in [4.69, 9.17) is 15.2 Å². The molecule has 0 spiro atoms. The molecule has 0 fully saturated rings. The first-order valence-electron chi connectivity index (χ1n) is 3.43. The van der Waals surface area contributed by atoms with Crippen LogP contribution in [-0.4, -0.2) is 6.79 Å². The Morgan fingerprint density at radius 2 is 2.18 bits per heavy atom. The van der Waals surface area contributed by atoms with E-state index in [1.54, 1.807) is 0 Å². The van der Waals surface area contributed by atoms with E-state index in [9.17, 15) is 0 Å². The molecule has 11 heavy (non-hydrogen) atoms. The molecule has 0 atom stereocenters. The molecule has 58 valence electrons. The molecule has 2 N–H and O–H groups in total. The van der Waals surface area contributed by atoms with Crippen molar-refractivity contribution < 1.29 is 9.47 Å². The Kier molecular flexibility index (Phi) is 1.18. The number of hydrogen-bond donors (Lipinski definition) is 1. The Morgan fingerprint density at radius 3 is 3.00 bits per heavy atom. The summed E-state index contributed by atoms with van der Waals surface area (Å²) in [5.74, 6) is 1.57. The molecule has 0 aliphatic carbocycles. The second-order valence-corrected chi connectivity index (χ2v) is 2.51. The highest BCUT2D eigenvalue weighted by Gasteiger charge is 2.16. The summed E-state index contributed by atoms with van der Waals surface area (Å²) >= 11 is 0. The predicted molar refractivity (Wildman–Crippen MR) is 41.7 cm³/mol. The number of nitrogens with two attached hydrogens (primary N) is 1. The zero-order valence-electron chi connectivity index (χ0n) is 6.26. The van der Waals surface area contributed by atoms with Crippen LogP contribution in [0.1, 0.15) is 5.56 Å². The SMILES string of the molecule is Cc1c(N)ccc2c1OCO2. The number of rotatable bonds is 0. The lowest BCUT2D eigenvalue weighted by atomic mass is 10.2. The minimum Gasteiger partial charge on any atom is -0.454 e. The van der Waals surface area contributed by atoms with Crippen molar-refractivity contribution in [1.82, 2.24) is 0 Å². The van der Waals surface area contributed by atoms with Crippen LogP contribution < -0.4 is 15.2 Å². The molecule has 3 heteroatoms. The molecule has 0 bridgehead atoms. The summed E-state index contributed by atoms with van der Waals surface area (Å²) in [4.78, 5) is 0. The van der Waals surface area contributed by atoms with Crippen LogP contribution in [0.2, 0.25) is 0 Å². The highest BCUT2D eigenvalue weighted by Crippen LogP contribution is 2.37. The van der Waals surface area contributed by atoms with Gasteiger partial charge in [0.1, 0.15) is 0 Å². The lowest BCUT2D eigenvalue weighted by Gasteiger charge is -2.02. The first-order valence-corrected chi connectivity index (χ1v) is 3.43. The first kappa shape index (κ1) is 6.34. The van der Waals surface area contributed by atoms with Gasteiger partial charge >= 0.3 is 0 Å². The van der Waals surface area contributed by atoms with E-state index in [0.717, 1.165) is 22.7 Å². The van der Waals surface area contributed by atoms with Crippen LogP contribution in [-0.2, 0) is 0 Å². The van der Waals surface area contributed by atoms with E-state index in [-0.39, 0.29) is 0 Å². The summed E-state index contributed by atoms with van der Waals surface area (Å²) in [6.45, 7) is 2.22. The molecule has 1 aromatic carbocycles. The molecular weight excluding hydrogens is 142 g/mol. The molecule has 0 radical (unpaired) electrons. The Labute approximate surface area is 64.7 Å². The van der Waals surface area contributed by atoms with E-state index < -0.39 is 0 Å². The number of benzene rings is 1. The maximum atomic E-state index is 5.66. The van der Waals surface area contributed by atoms with Crippen LogP contribution in [0.3, 0.4) is 0 Å². The molecule has 1 heterocycles. The first-order chi connectivity index (χ1) is 5.29. The third-order valence-corrected chi connectivity index (χ3v) is 1.83. The Morgan fingerprint density at radius 1 is 1.36 bits per heavy atom. The summed E-state index contributed by atoms with van der Waals surface area (Å²) in [7, 11) is 0. The van der Waals surface area contributed by atoms with Crippen LogP contribution in [0.15, 0.2) is 12.1 Å². The lowest BCUT2D eigenvalue weighted by Crippen LogP contribution is -1.94. The van der Waals surface area contributed by atoms with E-state index in [1.165, 1.54) is 0 Å². The molecule has 0 amide bonds. The number of nitrogen functional groups attached to an aromatic ring is 1. The number of hydrogen-bond acceptors (Lipinski definition) is 3. The number of anilines is 1. The number of fused-ring (bicyclic) bond motifs is 1. The van der Waals surface area contributed by atoms with Crippen molar-refractivity contribution >= 4 is 5.69 Å². The van der Waals surface area contributed by atoms with Crippen LogP contribution in [0.5, 0.6) is 11.5 Å². The second kappa shape index (κ2) is 2.05. The Balaban J connectivity index is 2.62. The number of ether oxygens (including phenoxy) is 2. The van der Waals surface area contributed by atoms with Crippen molar-refractivity contribution in [2.24, 2.45) is 0 Å². The molecule has 0 saturated heterocycles. The van der Waals surface area contributed by atoms with Crippen molar-refractivity contribution in [3.63, 3.8) is 0 Å². The Hall–Kier alpha value is -1.38. The van der Waals surface area contributed by atoms with Gasteiger partial charge in [-0.1, -0.05) is 0 Å². The molecule has 3 nitrogen and oxygen atoms in total. The third kappa shape index (κ3) is 0.808. The fraction of sp³-hybridized carbons (Fsp3) is 0.250. The van der Waals surface area contributed by atoms with E-state index in [2.05, 4.69) is 0 Å². The summed E-state index contributed by atoms with van der Waals surface area (Å²) in [5.41, 5.74) is 7.36. The molecule has 2 rings (SSSR count). The summed E-state index contributed by atoms with van der Waals surface area (Å²) in [6, 6.07) is 3.65. The molecule has 0 unspecified atom stereocenters. The predicted octanol–water partition coefficient (Wildman–Crippen LogP) is 1.31. The van der Waals surface area contributed by atoms with E-state index >= 15 is 0 Å². The van der Waals surface area contributed by atoms with Crippen molar-refractivity contribution in [3.05, 3.63) is 17.7 Å². The smallest absolute Gasteiger partial charge is 0.231 e. The molecule has 1 aromatic rings. The topological polar surface area (TPSA) is 44.5 Å². The van der Waals surface area contributed by atoms with Gasteiger partial charge in [-0.2, -0.15) is 0 Å². The van der Waals surface area contributed by atoms with Gasteiger partial charge in [-0.05, 0) is 19.1 Å². The van der Waals surface area contributed by atoms with Crippen molar-refractivity contribution in [2.45, 2.75) is 6.92 Å². The normalized spacial score (nSPS) is 13.5. The van der Waals surface area contributed by atoms with Gasteiger partial charge in [0.15, 0.2) is 11.5 Å². The summed E-state index contributed by atoms with van der Waals surface area (Å²) < 4.78 is 10.4. The fourth-order valence-electron chi connectivity index (χ4n) is 1.13. The summed E-state index contributed by atoms with van der Waals surface area (Å²) in [5, 5.41) is 0. The van der Waals surface area contributed by atoms with E-state index in [0.29, 0.717) is 6.79 Å². The highest BCUT2D eigenvalue weighted by atomic mass is 16.7. The maximum absolute atomic E-state index is 5.66. The monoisotopic (exact) mass is 151 g/mol. The largest absolute Gasteiger partial charge is 0.454 e. The highest BCUT2D eigenvalue weighted by molar-refractivity contribution is 5.60. The average Bonchev–Trinajstić information content (AvgIpc) is 2.45. The maximum Gasteiger partial charge on any atom is 0.231 e. The Bertz CT molecular complexity index is 296. The van der Waals surface area contributed by atoms with Gasteiger partial charge in [0, 0.05) is 11.3 Å². The fourth-order valence-corrected chi connectivity index (χ4v) is 1.13. The van der Waals surface area contributed by atoms with Crippen LogP contribution >= 0.6 is 0 Å². The zero-order chi connectivity index (χ0) is 7.84. The average molecular weight is 151 g/mol. The molecule has 1 aliphatic heterocycles. The summed E-state index contributed by atoms with van der Waals surface area (Å²) in [6.07, 6.45) is 0. The molecular formula is C8H9NO2. The zero-order valence-corrected chi connectivity index (χ0v) is 6.26. The minimum absolute atomic E-state index is 0.305. The van der Waals surface area contributed by atoms with Gasteiger partial charge in [0.2, 0.25) is 6.79 Å². The second-order valence-electron chi connectivity index (χ2n) is 2.51. The minimum atomic E-state index is 0.305. The van der Waals surface area contributed by atoms with Crippen LogP contribution in [0.25, 0.3) is 0 Å². The van der Waals surface area contributed by atoms with Crippen molar-refractivity contribution in [2.75, 3.05) is 12.5 Å². The third-order valence-electron chi connectivity index (χ3n) is 1.83. The van der Waals surface area contributed by atoms with Gasteiger partial charge in [-0.3, -0.25) is 0 Å². The standard InChI is InChI=1S/C8H9NO2/c1-5-6(9)2-3-7-8(5)11-4-10-7/h2-3H,4,9H2,1H3. The molecule has 0 aromatic heterocycles. The molecule has 1 aliphatic rings. The van der Waals surface area contributed by atoms with Gasteiger partial charge in [0.05, 0.1) is 0 Å². The van der Waals surface area contributed by atoms with Crippen molar-refractivity contribution in [3.8, 4) is 11.5 Å². The van der Waals surface area contributed by atoms with Gasteiger partial charge in [0.25, 0.3) is 0 Å². The van der Waals surface area contributed by atoms with Gasteiger partial charge < -0.3 is 15.2 Å². The van der Waals surface area contributed by atoms with Crippen LogP contribution in [0.4, 0.5) is 5.69 Å². The van der Waals surface area contributed by atoms with Crippen molar-refractivity contribution in [1.29, 1.82) is 0 Å². The van der Waals surface area contributed by atoms with Gasteiger partial charge in [-0.15, -0.1) is 0 Å². The van der Waals surface area contributed by atoms with Gasteiger partial charge in [-0.25, -0.2) is 0 Å². The lowest BCUT2D eigenvalue weighted by molar-refractivity contribution is 0.173.